The van der Waals surface area contributed by atoms with Crippen LogP contribution in [0.5, 0.6) is 0 Å². The van der Waals surface area contributed by atoms with Gasteiger partial charge in [-0.05, 0) is 37.1 Å². The third-order valence-corrected chi connectivity index (χ3v) is 4.10. The molecule has 0 atom stereocenters. The Morgan fingerprint density at radius 3 is 2.74 bits per heavy atom. The number of amides is 1. The highest BCUT2D eigenvalue weighted by molar-refractivity contribution is 5.86. The summed E-state index contributed by atoms with van der Waals surface area (Å²) in [6.07, 6.45) is 0.248. The Hall–Kier alpha value is -2.62. The van der Waals surface area contributed by atoms with Crippen LogP contribution in [0.4, 0.5) is 0 Å². The van der Waals surface area contributed by atoms with Crippen molar-refractivity contribution in [2.45, 2.75) is 26.8 Å². The molecule has 118 valence electrons. The van der Waals surface area contributed by atoms with Gasteiger partial charge in [-0.2, -0.15) is 0 Å². The van der Waals surface area contributed by atoms with Crippen molar-refractivity contribution < 1.29 is 9.32 Å². The first-order valence-electron chi connectivity index (χ1n) is 7.68. The molecule has 2 aromatic carbocycles. The zero-order chi connectivity index (χ0) is 16.4. The molecular formula is C19H20N2O2. The summed E-state index contributed by atoms with van der Waals surface area (Å²) in [5.74, 6) is 0.0315. The molecule has 4 nitrogen and oxygen atoms in total. The Morgan fingerprint density at radius 2 is 1.96 bits per heavy atom. The molecule has 23 heavy (non-hydrogen) atoms. The van der Waals surface area contributed by atoms with Gasteiger partial charge in [-0.25, -0.2) is 0 Å². The average molecular weight is 308 g/mol. The van der Waals surface area contributed by atoms with Gasteiger partial charge in [-0.15, -0.1) is 0 Å². The van der Waals surface area contributed by atoms with E-state index in [1.807, 2.05) is 31.3 Å². The lowest BCUT2D eigenvalue weighted by atomic mass is 10.1. The molecule has 1 aromatic heterocycles. The third kappa shape index (κ3) is 3.26. The number of carbonyl (C=O) groups excluding carboxylic acids is 1. The maximum absolute atomic E-state index is 12.5. The fraction of sp³-hybridized carbons (Fsp3) is 0.263. The Bertz CT molecular complexity index is 851. The van der Waals surface area contributed by atoms with Gasteiger partial charge in [0.05, 0.1) is 6.42 Å². The molecule has 0 radical (unpaired) electrons. The lowest BCUT2D eigenvalue weighted by molar-refractivity contribution is -0.129. The summed E-state index contributed by atoms with van der Waals surface area (Å²) in [5, 5.41) is 4.93. The second-order valence-corrected chi connectivity index (χ2v) is 5.98. The fourth-order valence-electron chi connectivity index (χ4n) is 2.71. The average Bonchev–Trinajstić information content (AvgIpc) is 2.93. The van der Waals surface area contributed by atoms with E-state index in [2.05, 4.69) is 37.2 Å². The van der Waals surface area contributed by atoms with Crippen LogP contribution in [0, 0.1) is 13.8 Å². The first-order valence-corrected chi connectivity index (χ1v) is 7.68. The molecule has 0 unspecified atom stereocenters. The number of benzene rings is 2. The zero-order valence-corrected chi connectivity index (χ0v) is 13.7. The second kappa shape index (κ2) is 6.24. The Morgan fingerprint density at radius 1 is 1.17 bits per heavy atom. The molecule has 0 aliphatic carbocycles. The van der Waals surface area contributed by atoms with Crippen LogP contribution in [-0.4, -0.2) is 23.0 Å². The Balaban J connectivity index is 1.72. The topological polar surface area (TPSA) is 46.3 Å². The van der Waals surface area contributed by atoms with E-state index >= 15 is 0 Å². The molecule has 0 bridgehead atoms. The molecule has 0 fully saturated rings. The van der Waals surface area contributed by atoms with Crippen LogP contribution in [0.15, 0.2) is 47.0 Å². The summed E-state index contributed by atoms with van der Waals surface area (Å²) in [5.41, 5.74) is 5.01. The van der Waals surface area contributed by atoms with Crippen LogP contribution in [0.3, 0.4) is 0 Å². The molecule has 3 rings (SSSR count). The van der Waals surface area contributed by atoms with E-state index in [-0.39, 0.29) is 12.3 Å². The third-order valence-electron chi connectivity index (χ3n) is 4.10. The van der Waals surface area contributed by atoms with Gasteiger partial charge in [0, 0.05) is 19.0 Å². The highest BCUT2D eigenvalue weighted by Gasteiger charge is 2.16. The van der Waals surface area contributed by atoms with Crippen molar-refractivity contribution in [1.82, 2.24) is 10.1 Å². The van der Waals surface area contributed by atoms with Crippen molar-refractivity contribution in [2.24, 2.45) is 0 Å². The Labute approximate surface area is 135 Å². The summed E-state index contributed by atoms with van der Waals surface area (Å²) < 4.78 is 5.26. The normalized spacial score (nSPS) is 10.9. The predicted octanol–water partition coefficient (Wildman–Crippen LogP) is 3.65. The first kappa shape index (κ1) is 15.3. The van der Waals surface area contributed by atoms with Crippen molar-refractivity contribution >= 4 is 16.9 Å². The number of fused-ring (bicyclic) bond motifs is 1. The van der Waals surface area contributed by atoms with E-state index in [1.54, 1.807) is 4.90 Å². The number of hydrogen-bond donors (Lipinski definition) is 0. The zero-order valence-electron chi connectivity index (χ0n) is 13.7. The summed E-state index contributed by atoms with van der Waals surface area (Å²) in [6.45, 7) is 4.74. The Kier molecular flexibility index (Phi) is 4.15. The number of carbonyl (C=O) groups is 1. The van der Waals surface area contributed by atoms with Gasteiger partial charge in [-0.1, -0.05) is 41.1 Å². The fourth-order valence-corrected chi connectivity index (χ4v) is 2.71. The minimum atomic E-state index is 0.0315. The standard InChI is InChI=1S/C19H20N2O2/c1-13-8-9-15(14(2)10-13)12-21(3)19(22)11-17-16-6-4-5-7-18(16)23-20-17/h4-10H,11-12H2,1-3H3. The van der Waals surface area contributed by atoms with E-state index in [0.29, 0.717) is 17.8 Å². The van der Waals surface area contributed by atoms with Crippen molar-refractivity contribution in [3.8, 4) is 0 Å². The molecule has 0 spiro atoms. The van der Waals surface area contributed by atoms with E-state index in [1.165, 1.54) is 11.1 Å². The molecule has 1 amide bonds. The largest absolute Gasteiger partial charge is 0.356 e. The summed E-state index contributed by atoms with van der Waals surface area (Å²) in [4.78, 5) is 14.2. The number of aryl methyl sites for hydroxylation is 2. The lowest BCUT2D eigenvalue weighted by Gasteiger charge is -2.18. The highest BCUT2D eigenvalue weighted by Crippen LogP contribution is 2.19. The van der Waals surface area contributed by atoms with Crippen LogP contribution in [0.1, 0.15) is 22.4 Å². The van der Waals surface area contributed by atoms with Gasteiger partial charge in [0.2, 0.25) is 5.91 Å². The van der Waals surface area contributed by atoms with Crippen LogP contribution in [0.2, 0.25) is 0 Å². The number of nitrogens with zero attached hydrogens (tertiary/aromatic N) is 2. The molecule has 0 saturated heterocycles. The maximum atomic E-state index is 12.5. The summed E-state index contributed by atoms with van der Waals surface area (Å²) >= 11 is 0. The number of rotatable bonds is 4. The van der Waals surface area contributed by atoms with Gasteiger partial charge in [-0.3, -0.25) is 4.79 Å². The number of hydrogen-bond acceptors (Lipinski definition) is 3. The van der Waals surface area contributed by atoms with Crippen LogP contribution in [0.25, 0.3) is 11.0 Å². The number of likely N-dealkylation sites (N-methyl/N-ethyl adjacent to an activating group) is 1. The van der Waals surface area contributed by atoms with Crippen molar-refractivity contribution in [3.05, 3.63) is 64.8 Å². The van der Waals surface area contributed by atoms with Crippen molar-refractivity contribution in [1.29, 1.82) is 0 Å². The maximum Gasteiger partial charge on any atom is 0.228 e. The molecule has 1 heterocycles. The monoisotopic (exact) mass is 308 g/mol. The van der Waals surface area contributed by atoms with Gasteiger partial charge >= 0.3 is 0 Å². The van der Waals surface area contributed by atoms with E-state index < -0.39 is 0 Å². The SMILES string of the molecule is Cc1ccc(CN(C)C(=O)Cc2noc3ccccc23)c(C)c1. The van der Waals surface area contributed by atoms with E-state index in [9.17, 15) is 4.79 Å². The van der Waals surface area contributed by atoms with E-state index in [4.69, 9.17) is 4.52 Å². The summed E-state index contributed by atoms with van der Waals surface area (Å²) in [7, 11) is 1.82. The highest BCUT2D eigenvalue weighted by atomic mass is 16.5. The van der Waals surface area contributed by atoms with Crippen molar-refractivity contribution in [2.75, 3.05) is 7.05 Å². The molecule has 0 aliphatic rings. The van der Waals surface area contributed by atoms with Gasteiger partial charge < -0.3 is 9.42 Å². The number of aromatic nitrogens is 1. The molecule has 4 heteroatoms. The second-order valence-electron chi connectivity index (χ2n) is 5.98. The summed E-state index contributed by atoms with van der Waals surface area (Å²) in [6, 6.07) is 13.9. The van der Waals surface area contributed by atoms with Gasteiger partial charge in [0.1, 0.15) is 5.69 Å². The van der Waals surface area contributed by atoms with Gasteiger partial charge in [0.15, 0.2) is 5.58 Å². The molecule has 0 aliphatic heterocycles. The first-order chi connectivity index (χ1) is 11.0. The molecular weight excluding hydrogens is 288 g/mol. The number of para-hydroxylation sites is 1. The molecule has 3 aromatic rings. The van der Waals surface area contributed by atoms with Crippen molar-refractivity contribution in [3.63, 3.8) is 0 Å². The minimum Gasteiger partial charge on any atom is -0.356 e. The van der Waals surface area contributed by atoms with Crippen LogP contribution in [-0.2, 0) is 17.8 Å². The molecule has 0 saturated carbocycles. The predicted molar refractivity (Wildman–Crippen MR) is 90.1 cm³/mol. The van der Waals surface area contributed by atoms with Gasteiger partial charge in [0.25, 0.3) is 0 Å². The van der Waals surface area contributed by atoms with Crippen LogP contribution >= 0.6 is 0 Å². The van der Waals surface area contributed by atoms with Crippen LogP contribution < -0.4 is 0 Å². The minimum absolute atomic E-state index is 0.0315. The smallest absolute Gasteiger partial charge is 0.228 e. The van der Waals surface area contributed by atoms with E-state index in [0.717, 1.165) is 10.9 Å². The quantitative estimate of drug-likeness (QED) is 0.739. The lowest BCUT2D eigenvalue weighted by Crippen LogP contribution is -2.28. The molecule has 0 N–H and O–H groups in total.